The highest BCUT2D eigenvalue weighted by Crippen LogP contribution is 2.29. The van der Waals surface area contributed by atoms with E-state index in [0.717, 1.165) is 62.2 Å². The van der Waals surface area contributed by atoms with Gasteiger partial charge in [-0.3, -0.25) is 9.59 Å². The topological polar surface area (TPSA) is 49.9 Å². The Morgan fingerprint density at radius 3 is 2.28 bits per heavy atom. The maximum atomic E-state index is 12.9. The first-order valence-electron chi connectivity index (χ1n) is 10.5. The van der Waals surface area contributed by atoms with Gasteiger partial charge >= 0.3 is 0 Å². The molecule has 0 bridgehead atoms. The lowest BCUT2D eigenvalue weighted by Crippen LogP contribution is -2.39. The van der Waals surface area contributed by atoms with E-state index in [0.29, 0.717) is 12.1 Å². The Hall–Kier alpha value is -2.82. The van der Waals surface area contributed by atoms with Crippen LogP contribution in [0.3, 0.4) is 0 Å². The van der Waals surface area contributed by atoms with Crippen LogP contribution in [0.4, 0.5) is 0 Å². The van der Waals surface area contributed by atoms with Crippen molar-refractivity contribution in [2.75, 3.05) is 33.3 Å². The van der Waals surface area contributed by atoms with E-state index in [4.69, 9.17) is 4.74 Å². The number of nitrogens with zero attached hydrogens (tertiary/aromatic N) is 2. The fraction of sp³-hybridized carbons (Fsp3) is 0.417. The SMILES string of the molecule is COc1ccc(C(=O)N2CCC[C@H](c3cccc(C(=O)N4CCCC4)c3)C2)cc1. The standard InChI is InChI=1S/C24H28N2O3/c1-29-22-11-9-18(10-12-22)23(27)26-15-5-8-21(17-26)19-6-4-7-20(16-19)24(28)25-13-2-3-14-25/h4,6-7,9-12,16,21H,2-3,5,8,13-15,17H2,1H3/t21-/m0/s1. The Bertz CT molecular complexity index is 872. The third kappa shape index (κ3) is 4.29. The zero-order valence-corrected chi connectivity index (χ0v) is 17.0. The smallest absolute Gasteiger partial charge is 0.253 e. The van der Waals surface area contributed by atoms with Crippen LogP contribution in [-0.2, 0) is 0 Å². The minimum absolute atomic E-state index is 0.0571. The molecule has 0 unspecified atom stereocenters. The monoisotopic (exact) mass is 392 g/mol. The van der Waals surface area contributed by atoms with Gasteiger partial charge in [0.25, 0.3) is 11.8 Å². The Kier molecular flexibility index (Phi) is 5.84. The van der Waals surface area contributed by atoms with Crippen LogP contribution < -0.4 is 4.74 Å². The summed E-state index contributed by atoms with van der Waals surface area (Å²) in [5.41, 5.74) is 2.61. The van der Waals surface area contributed by atoms with Crippen molar-refractivity contribution in [1.82, 2.24) is 9.80 Å². The summed E-state index contributed by atoms with van der Waals surface area (Å²) >= 11 is 0. The van der Waals surface area contributed by atoms with Gasteiger partial charge in [-0.1, -0.05) is 12.1 Å². The maximum absolute atomic E-state index is 12.9. The molecule has 0 spiro atoms. The number of carbonyl (C=O) groups excluding carboxylic acids is 2. The van der Waals surface area contributed by atoms with Gasteiger partial charge in [-0.15, -0.1) is 0 Å². The molecule has 0 N–H and O–H groups in total. The molecule has 0 saturated carbocycles. The van der Waals surface area contributed by atoms with Gasteiger partial charge in [0.2, 0.25) is 0 Å². The lowest BCUT2D eigenvalue weighted by Gasteiger charge is -2.33. The third-order valence-corrected chi connectivity index (χ3v) is 6.04. The van der Waals surface area contributed by atoms with E-state index in [9.17, 15) is 9.59 Å². The first kappa shape index (κ1) is 19.5. The number of likely N-dealkylation sites (tertiary alicyclic amines) is 2. The molecule has 2 fully saturated rings. The van der Waals surface area contributed by atoms with Crippen molar-refractivity contribution in [3.63, 3.8) is 0 Å². The minimum Gasteiger partial charge on any atom is -0.497 e. The molecule has 29 heavy (non-hydrogen) atoms. The highest BCUT2D eigenvalue weighted by atomic mass is 16.5. The number of hydrogen-bond acceptors (Lipinski definition) is 3. The zero-order chi connectivity index (χ0) is 20.2. The number of benzene rings is 2. The number of piperidine rings is 1. The van der Waals surface area contributed by atoms with Crippen LogP contribution >= 0.6 is 0 Å². The van der Waals surface area contributed by atoms with E-state index in [1.165, 1.54) is 0 Å². The second-order valence-corrected chi connectivity index (χ2v) is 7.94. The first-order valence-corrected chi connectivity index (χ1v) is 10.5. The molecule has 2 aliphatic heterocycles. The van der Waals surface area contributed by atoms with Gasteiger partial charge in [0.05, 0.1) is 7.11 Å². The molecule has 2 heterocycles. The van der Waals surface area contributed by atoms with Crippen molar-refractivity contribution in [3.05, 3.63) is 65.2 Å². The molecule has 2 aliphatic rings. The molecular weight excluding hydrogens is 364 g/mol. The molecule has 0 aromatic heterocycles. The number of hydrogen-bond donors (Lipinski definition) is 0. The summed E-state index contributed by atoms with van der Waals surface area (Å²) in [6, 6.07) is 15.3. The summed E-state index contributed by atoms with van der Waals surface area (Å²) in [4.78, 5) is 29.6. The number of rotatable bonds is 4. The van der Waals surface area contributed by atoms with Crippen LogP contribution in [0, 0.1) is 0 Å². The predicted octanol–water partition coefficient (Wildman–Crippen LogP) is 3.95. The van der Waals surface area contributed by atoms with Crippen molar-refractivity contribution in [1.29, 1.82) is 0 Å². The van der Waals surface area contributed by atoms with Crippen LogP contribution in [0.15, 0.2) is 48.5 Å². The summed E-state index contributed by atoms with van der Waals surface area (Å²) in [5, 5.41) is 0. The van der Waals surface area contributed by atoms with Crippen LogP contribution in [0.5, 0.6) is 5.75 Å². The quantitative estimate of drug-likeness (QED) is 0.792. The molecule has 5 heteroatoms. The van der Waals surface area contributed by atoms with Gasteiger partial charge in [0.15, 0.2) is 0 Å². The average Bonchev–Trinajstić information content (AvgIpc) is 3.33. The number of carbonyl (C=O) groups is 2. The first-order chi connectivity index (χ1) is 14.2. The second-order valence-electron chi connectivity index (χ2n) is 7.94. The lowest BCUT2D eigenvalue weighted by molar-refractivity contribution is 0.0705. The van der Waals surface area contributed by atoms with E-state index in [1.807, 2.05) is 52.3 Å². The van der Waals surface area contributed by atoms with Crippen molar-refractivity contribution < 1.29 is 14.3 Å². The fourth-order valence-corrected chi connectivity index (χ4v) is 4.38. The van der Waals surface area contributed by atoms with Crippen LogP contribution in [-0.4, -0.2) is 54.9 Å². The summed E-state index contributed by atoms with van der Waals surface area (Å²) in [7, 11) is 1.62. The zero-order valence-electron chi connectivity index (χ0n) is 17.0. The summed E-state index contributed by atoms with van der Waals surface area (Å²) in [6.07, 6.45) is 4.19. The minimum atomic E-state index is 0.0571. The van der Waals surface area contributed by atoms with E-state index in [2.05, 4.69) is 6.07 Å². The van der Waals surface area contributed by atoms with Crippen molar-refractivity contribution in [3.8, 4) is 5.75 Å². The number of ether oxygens (including phenoxy) is 1. The van der Waals surface area contributed by atoms with Crippen molar-refractivity contribution >= 4 is 11.8 Å². The number of methoxy groups -OCH3 is 1. The Balaban J connectivity index is 1.47. The second kappa shape index (κ2) is 8.68. The molecule has 0 radical (unpaired) electrons. The molecule has 152 valence electrons. The van der Waals surface area contributed by atoms with E-state index >= 15 is 0 Å². The molecule has 2 amide bonds. The molecule has 2 aromatic carbocycles. The Labute approximate surface area is 172 Å². The van der Waals surface area contributed by atoms with E-state index in [-0.39, 0.29) is 17.7 Å². The highest BCUT2D eigenvalue weighted by molar-refractivity contribution is 5.95. The van der Waals surface area contributed by atoms with Gasteiger partial charge in [0, 0.05) is 43.2 Å². The van der Waals surface area contributed by atoms with E-state index < -0.39 is 0 Å². The van der Waals surface area contributed by atoms with Gasteiger partial charge in [-0.2, -0.15) is 0 Å². The molecular formula is C24H28N2O3. The van der Waals surface area contributed by atoms with Gasteiger partial charge in [0.1, 0.15) is 5.75 Å². The van der Waals surface area contributed by atoms with Gasteiger partial charge in [-0.05, 0) is 67.6 Å². The molecule has 2 aromatic rings. The Morgan fingerprint density at radius 2 is 1.55 bits per heavy atom. The maximum Gasteiger partial charge on any atom is 0.253 e. The van der Waals surface area contributed by atoms with Gasteiger partial charge < -0.3 is 14.5 Å². The molecule has 5 nitrogen and oxygen atoms in total. The number of amides is 2. The molecule has 0 aliphatic carbocycles. The highest BCUT2D eigenvalue weighted by Gasteiger charge is 2.27. The van der Waals surface area contributed by atoms with Gasteiger partial charge in [-0.25, -0.2) is 0 Å². The predicted molar refractivity (Wildman–Crippen MR) is 112 cm³/mol. The molecule has 2 saturated heterocycles. The van der Waals surface area contributed by atoms with Crippen LogP contribution in [0.1, 0.15) is 57.9 Å². The largest absolute Gasteiger partial charge is 0.497 e. The van der Waals surface area contributed by atoms with Crippen LogP contribution in [0.2, 0.25) is 0 Å². The fourth-order valence-electron chi connectivity index (χ4n) is 4.38. The van der Waals surface area contributed by atoms with E-state index in [1.54, 1.807) is 7.11 Å². The lowest BCUT2D eigenvalue weighted by atomic mass is 9.89. The summed E-state index contributed by atoms with van der Waals surface area (Å²) in [6.45, 7) is 3.17. The molecule has 4 rings (SSSR count). The molecule has 1 atom stereocenters. The van der Waals surface area contributed by atoms with Crippen LogP contribution in [0.25, 0.3) is 0 Å². The summed E-state index contributed by atoms with van der Waals surface area (Å²) in [5.74, 6) is 1.20. The normalized spacial score (nSPS) is 19.3. The summed E-state index contributed by atoms with van der Waals surface area (Å²) < 4.78 is 5.18. The van der Waals surface area contributed by atoms with Crippen molar-refractivity contribution in [2.24, 2.45) is 0 Å². The average molecular weight is 392 g/mol. The van der Waals surface area contributed by atoms with Crippen molar-refractivity contribution in [2.45, 2.75) is 31.6 Å². The Morgan fingerprint density at radius 1 is 0.862 bits per heavy atom. The third-order valence-electron chi connectivity index (χ3n) is 6.04.